The van der Waals surface area contributed by atoms with Crippen molar-refractivity contribution >= 4 is 11.8 Å². The molecule has 2 atom stereocenters. The van der Waals surface area contributed by atoms with Gasteiger partial charge in [0.05, 0.1) is 18.8 Å². The number of hydrogen-bond donors (Lipinski definition) is 0. The highest BCUT2D eigenvalue weighted by Crippen LogP contribution is 2.27. The van der Waals surface area contributed by atoms with Gasteiger partial charge in [0.2, 0.25) is 5.43 Å². The maximum atomic E-state index is 14.2. The van der Waals surface area contributed by atoms with Crippen LogP contribution in [0.5, 0.6) is 5.75 Å². The molecule has 0 aliphatic heterocycles. The van der Waals surface area contributed by atoms with Crippen LogP contribution in [0.3, 0.4) is 0 Å². The number of carbonyl (C=O) groups excluding carboxylic acids is 2. The van der Waals surface area contributed by atoms with Gasteiger partial charge in [-0.2, -0.15) is 0 Å². The quantitative estimate of drug-likeness (QED) is 0.327. The number of ether oxygens (including phenoxy) is 3. The molecular weight excluding hydrogens is 472 g/mol. The molecule has 1 heterocycles. The zero-order valence-electron chi connectivity index (χ0n) is 20.5. The number of benzene rings is 1. The van der Waals surface area contributed by atoms with Gasteiger partial charge in [-0.15, -0.1) is 0 Å². The molecule has 3 rings (SSSR count). The summed E-state index contributed by atoms with van der Waals surface area (Å²) in [5.41, 5.74) is -0.0801. The standard InChI is InChI=1S/C27H29F2NO6/c1-17(34-2)14-30-15-21(23(31)12-10-19-9-11-20(28)13-22(19)29)25(32)26(24(30)27(33)35-3)36-16-18-7-5-4-6-8-18/h4-9,11,15,17,22H,10,12-14,16H2,1-3H3. The average molecular weight is 502 g/mol. The largest absolute Gasteiger partial charge is 0.482 e. The summed E-state index contributed by atoms with van der Waals surface area (Å²) < 4.78 is 44.9. The van der Waals surface area contributed by atoms with Crippen molar-refractivity contribution in [2.24, 2.45) is 0 Å². The van der Waals surface area contributed by atoms with Gasteiger partial charge < -0.3 is 18.8 Å². The first-order valence-corrected chi connectivity index (χ1v) is 11.5. The van der Waals surface area contributed by atoms with Crippen molar-refractivity contribution in [3.63, 3.8) is 0 Å². The lowest BCUT2D eigenvalue weighted by molar-refractivity contribution is 0.0567. The van der Waals surface area contributed by atoms with E-state index < -0.39 is 29.2 Å². The van der Waals surface area contributed by atoms with Gasteiger partial charge >= 0.3 is 5.97 Å². The van der Waals surface area contributed by atoms with E-state index in [0.717, 1.165) is 5.56 Å². The van der Waals surface area contributed by atoms with E-state index in [9.17, 15) is 23.2 Å². The highest BCUT2D eigenvalue weighted by molar-refractivity contribution is 5.98. The van der Waals surface area contributed by atoms with E-state index in [1.165, 1.54) is 37.1 Å². The van der Waals surface area contributed by atoms with Crippen molar-refractivity contribution in [3.8, 4) is 5.75 Å². The third-order valence-electron chi connectivity index (χ3n) is 5.89. The summed E-state index contributed by atoms with van der Waals surface area (Å²) in [5, 5.41) is 0. The molecular formula is C27H29F2NO6. The molecule has 0 bridgehead atoms. The van der Waals surface area contributed by atoms with Crippen LogP contribution in [0.2, 0.25) is 0 Å². The summed E-state index contributed by atoms with van der Waals surface area (Å²) in [5.74, 6) is -2.24. The lowest BCUT2D eigenvalue weighted by Crippen LogP contribution is -2.29. The van der Waals surface area contributed by atoms with Crippen LogP contribution in [0.4, 0.5) is 8.78 Å². The minimum absolute atomic E-state index is 0.0220. The van der Waals surface area contributed by atoms with Crippen LogP contribution in [0, 0.1) is 0 Å². The number of carbonyl (C=O) groups is 2. The molecule has 0 N–H and O–H groups in total. The van der Waals surface area contributed by atoms with Crippen molar-refractivity contribution in [1.29, 1.82) is 0 Å². The number of esters is 1. The predicted octanol–water partition coefficient (Wildman–Crippen LogP) is 4.73. The number of Topliss-reactive ketones (excluding diaryl/α,β-unsaturated/α-hetero) is 1. The number of alkyl halides is 1. The Hall–Kier alpha value is -3.59. The van der Waals surface area contributed by atoms with E-state index in [2.05, 4.69) is 0 Å². The lowest BCUT2D eigenvalue weighted by atomic mass is 9.95. The Morgan fingerprint density at radius 3 is 2.53 bits per heavy atom. The molecule has 1 aromatic carbocycles. The zero-order valence-corrected chi connectivity index (χ0v) is 20.5. The van der Waals surface area contributed by atoms with E-state index in [1.54, 1.807) is 31.2 Å². The van der Waals surface area contributed by atoms with Crippen molar-refractivity contribution < 1.29 is 32.6 Å². The van der Waals surface area contributed by atoms with Crippen LogP contribution >= 0.6 is 0 Å². The minimum Gasteiger partial charge on any atom is -0.482 e. The van der Waals surface area contributed by atoms with Crippen LogP contribution < -0.4 is 10.2 Å². The first-order chi connectivity index (χ1) is 17.2. The summed E-state index contributed by atoms with van der Waals surface area (Å²) in [7, 11) is 2.67. The van der Waals surface area contributed by atoms with Crippen molar-refractivity contribution in [1.82, 2.24) is 4.57 Å². The Kier molecular flexibility index (Phi) is 9.30. The molecule has 0 radical (unpaired) electrons. The molecule has 0 saturated heterocycles. The number of hydrogen-bond acceptors (Lipinski definition) is 6. The van der Waals surface area contributed by atoms with Gasteiger partial charge in [-0.3, -0.25) is 9.59 Å². The summed E-state index contributed by atoms with van der Waals surface area (Å²) >= 11 is 0. The van der Waals surface area contributed by atoms with Crippen LogP contribution in [-0.4, -0.2) is 42.8 Å². The first kappa shape index (κ1) is 27.0. The van der Waals surface area contributed by atoms with Gasteiger partial charge in [0.1, 0.15) is 18.6 Å². The van der Waals surface area contributed by atoms with Crippen molar-refractivity contribution in [2.45, 2.75) is 51.6 Å². The third kappa shape index (κ3) is 6.54. The summed E-state index contributed by atoms with van der Waals surface area (Å²) in [6.45, 7) is 1.87. The van der Waals surface area contributed by atoms with Gasteiger partial charge in [-0.25, -0.2) is 13.6 Å². The molecule has 2 aromatic rings. The highest BCUT2D eigenvalue weighted by atomic mass is 19.1. The van der Waals surface area contributed by atoms with Gasteiger partial charge in [0.15, 0.2) is 17.2 Å². The fraction of sp³-hybridized carbons (Fsp3) is 0.370. The predicted molar refractivity (Wildman–Crippen MR) is 130 cm³/mol. The van der Waals surface area contributed by atoms with Crippen LogP contribution in [0.1, 0.15) is 52.6 Å². The van der Waals surface area contributed by atoms with Crippen LogP contribution in [-0.2, 0) is 22.6 Å². The summed E-state index contributed by atoms with van der Waals surface area (Å²) in [6.07, 6.45) is 1.37. The Morgan fingerprint density at radius 2 is 1.89 bits per heavy atom. The number of rotatable bonds is 11. The Bertz CT molecular complexity index is 1220. The fourth-order valence-corrected chi connectivity index (χ4v) is 3.81. The second kappa shape index (κ2) is 12.4. The van der Waals surface area contributed by atoms with Gasteiger partial charge in [-0.1, -0.05) is 36.4 Å². The smallest absolute Gasteiger partial charge is 0.358 e. The van der Waals surface area contributed by atoms with E-state index in [4.69, 9.17) is 14.2 Å². The summed E-state index contributed by atoms with van der Waals surface area (Å²) in [4.78, 5) is 39.2. The topological polar surface area (TPSA) is 83.8 Å². The minimum atomic E-state index is -1.52. The number of nitrogens with zero attached hydrogens (tertiary/aromatic N) is 1. The monoisotopic (exact) mass is 501 g/mol. The molecule has 1 aliphatic carbocycles. The van der Waals surface area contributed by atoms with Crippen molar-refractivity contribution in [3.05, 3.63) is 87.1 Å². The molecule has 0 spiro atoms. The summed E-state index contributed by atoms with van der Waals surface area (Å²) in [6, 6.07) is 9.02. The number of allylic oxidation sites excluding steroid dienone is 4. The number of halogens is 2. The molecule has 0 amide bonds. The maximum Gasteiger partial charge on any atom is 0.358 e. The maximum absolute atomic E-state index is 14.2. The molecule has 36 heavy (non-hydrogen) atoms. The van der Waals surface area contributed by atoms with E-state index >= 15 is 0 Å². The average Bonchev–Trinajstić information content (AvgIpc) is 2.87. The number of ketones is 1. The SMILES string of the molecule is COC(=O)c1c(OCc2ccccc2)c(=O)c(C(=O)CCC2=CC=C(F)CC2F)cn1CC(C)OC. The molecule has 192 valence electrons. The fourth-order valence-electron chi connectivity index (χ4n) is 3.81. The lowest BCUT2D eigenvalue weighted by Gasteiger charge is -2.20. The van der Waals surface area contributed by atoms with E-state index in [0.29, 0.717) is 0 Å². The van der Waals surface area contributed by atoms with Gasteiger partial charge in [-0.05, 0) is 30.6 Å². The van der Waals surface area contributed by atoms with Crippen LogP contribution in [0.25, 0.3) is 0 Å². The van der Waals surface area contributed by atoms with Gasteiger partial charge in [0, 0.05) is 32.7 Å². The van der Waals surface area contributed by atoms with Gasteiger partial charge in [0.25, 0.3) is 0 Å². The highest BCUT2D eigenvalue weighted by Gasteiger charge is 2.28. The second-order valence-corrected chi connectivity index (χ2v) is 8.46. The molecule has 2 unspecified atom stereocenters. The molecule has 0 fully saturated rings. The van der Waals surface area contributed by atoms with E-state index in [1.807, 2.05) is 6.07 Å². The van der Waals surface area contributed by atoms with Crippen molar-refractivity contribution in [2.75, 3.05) is 14.2 Å². The first-order valence-electron chi connectivity index (χ1n) is 11.5. The van der Waals surface area contributed by atoms with E-state index in [-0.39, 0.29) is 61.1 Å². The third-order valence-corrected chi connectivity index (χ3v) is 5.89. The zero-order chi connectivity index (χ0) is 26.2. The Balaban J connectivity index is 2.00. The molecule has 1 aliphatic rings. The Labute approximate surface area is 208 Å². The number of methoxy groups -OCH3 is 2. The number of aromatic nitrogens is 1. The Morgan fingerprint density at radius 1 is 1.17 bits per heavy atom. The molecule has 9 heteroatoms. The molecule has 7 nitrogen and oxygen atoms in total. The number of pyridine rings is 1. The second-order valence-electron chi connectivity index (χ2n) is 8.46. The normalized spacial score (nSPS) is 16.1. The molecule has 1 aromatic heterocycles. The van der Waals surface area contributed by atoms with Crippen LogP contribution in [0.15, 0.2) is 64.9 Å². The molecule has 0 saturated carbocycles.